The zero-order chi connectivity index (χ0) is 20.1. The van der Waals surface area contributed by atoms with Crippen molar-refractivity contribution < 1.29 is 123 Å². The van der Waals surface area contributed by atoms with E-state index in [0.717, 1.165) is 0 Å². The van der Waals surface area contributed by atoms with E-state index in [1.54, 1.807) is 24.3 Å². The van der Waals surface area contributed by atoms with Gasteiger partial charge in [-0.2, -0.15) is 0 Å². The van der Waals surface area contributed by atoms with Gasteiger partial charge in [0.1, 0.15) is 11.9 Å². The average Bonchev–Trinajstić information content (AvgIpc) is 2.66. The molecule has 0 spiro atoms. The molecule has 0 bridgehead atoms. The summed E-state index contributed by atoms with van der Waals surface area (Å²) in [6, 6.07) is 6.44. The summed E-state index contributed by atoms with van der Waals surface area (Å²) in [5.41, 5.74) is 0.388. The molecule has 0 saturated heterocycles. The summed E-state index contributed by atoms with van der Waals surface area (Å²) < 4.78 is 17.6. The molecular formula is C18H27Ac2NO7. The van der Waals surface area contributed by atoms with Gasteiger partial charge in [0.05, 0.1) is 19.6 Å². The Balaban J connectivity index is 0. The van der Waals surface area contributed by atoms with Gasteiger partial charge in [0.15, 0.2) is 6.29 Å². The number of carbonyl (C=O) groups is 2. The van der Waals surface area contributed by atoms with Gasteiger partial charge >= 0.3 is 5.97 Å². The van der Waals surface area contributed by atoms with Crippen LogP contribution >= 0.6 is 0 Å². The first-order chi connectivity index (χ1) is 13.0. The van der Waals surface area contributed by atoms with Gasteiger partial charge in [0.25, 0.3) is 0 Å². The van der Waals surface area contributed by atoms with E-state index in [1.807, 2.05) is 0 Å². The van der Waals surface area contributed by atoms with Crippen molar-refractivity contribution in [2.75, 3.05) is 20.3 Å². The Morgan fingerprint density at radius 3 is 2.39 bits per heavy atom. The number of ether oxygens (including phenoxy) is 2. The van der Waals surface area contributed by atoms with E-state index < -0.39 is 18.4 Å². The summed E-state index contributed by atoms with van der Waals surface area (Å²) in [7, 11) is 1.50. The molecule has 0 aliphatic carbocycles. The molecule has 1 atom stereocenters. The zero-order valence-electron chi connectivity index (χ0n) is 17.0. The second-order valence-electron chi connectivity index (χ2n) is 5.74. The van der Waals surface area contributed by atoms with Gasteiger partial charge in [-0.05, 0) is 31.4 Å². The quantitative estimate of drug-likeness (QED) is 0.131. The van der Waals surface area contributed by atoms with Crippen LogP contribution in [0.4, 0.5) is 0 Å². The van der Waals surface area contributed by atoms with Gasteiger partial charge in [-0.25, -0.2) is 0 Å². The Labute approximate surface area is 238 Å². The predicted molar refractivity (Wildman–Crippen MR) is 93.2 cm³/mol. The molecule has 10 heteroatoms. The molecule has 1 unspecified atom stereocenters. The molecule has 1 amide bonds. The van der Waals surface area contributed by atoms with Gasteiger partial charge in [0, 0.05) is 107 Å². The van der Waals surface area contributed by atoms with Crippen LogP contribution in [0.1, 0.15) is 44.0 Å². The summed E-state index contributed by atoms with van der Waals surface area (Å²) in [6.07, 6.45) is -0.0820. The largest absolute Gasteiger partial charge is 0.494 e. The van der Waals surface area contributed by atoms with E-state index in [-0.39, 0.29) is 113 Å². The number of unbranched alkanes of at least 4 members (excludes halogenated alkanes) is 1. The second kappa shape index (κ2) is 18.5. The molecule has 1 aromatic carbocycles. The van der Waals surface area contributed by atoms with Crippen LogP contribution in [0.2, 0.25) is 0 Å². The number of hydrogen-bond acceptors (Lipinski definition) is 7. The van der Waals surface area contributed by atoms with E-state index in [0.29, 0.717) is 37.2 Å². The number of nitrogens with one attached hydrogen (secondary N) is 1. The fourth-order valence-corrected chi connectivity index (χ4v) is 2.16. The molecule has 1 rings (SSSR count). The molecule has 2 radical (unpaired) electrons. The number of benzene rings is 1. The molecule has 1 aromatic rings. The molecule has 8 nitrogen and oxygen atoms in total. The Bertz CT molecular complexity index is 576. The fraction of sp³-hybridized carbons (Fsp3) is 0.556. The maximum Gasteiger partial charge on any atom is 0.306 e. The van der Waals surface area contributed by atoms with Crippen LogP contribution in [0.25, 0.3) is 0 Å². The Morgan fingerprint density at radius 1 is 1.14 bits per heavy atom. The van der Waals surface area contributed by atoms with Crippen molar-refractivity contribution in [3.8, 4) is 5.75 Å². The number of amides is 1. The van der Waals surface area contributed by atoms with Gasteiger partial charge in [-0.1, -0.05) is 12.1 Å². The first-order valence-corrected chi connectivity index (χ1v) is 8.53. The molecule has 0 aromatic heterocycles. The van der Waals surface area contributed by atoms with Crippen molar-refractivity contribution in [2.45, 2.75) is 44.5 Å². The summed E-state index contributed by atoms with van der Waals surface area (Å²) in [5.74, 6) is -0.118. The number of hydrogen-bond donors (Lipinski definition) is 4. The van der Waals surface area contributed by atoms with Crippen molar-refractivity contribution in [2.24, 2.45) is 0 Å². The van der Waals surface area contributed by atoms with Gasteiger partial charge in [-0.15, -0.1) is 0 Å². The van der Waals surface area contributed by atoms with Crippen molar-refractivity contribution >= 4 is 11.9 Å². The van der Waals surface area contributed by atoms with Crippen molar-refractivity contribution in [3.63, 3.8) is 0 Å². The smallest absolute Gasteiger partial charge is 0.306 e. The van der Waals surface area contributed by atoms with Gasteiger partial charge in [0.2, 0.25) is 7.34 Å². The molecule has 4 N–H and O–H groups in total. The maximum absolute atomic E-state index is 11.7. The predicted octanol–water partition coefficient (Wildman–Crippen LogP) is 0.649. The fourth-order valence-electron chi connectivity index (χ4n) is 2.16. The molecule has 152 valence electrons. The number of aliphatic hydroxyl groups is 3. The minimum atomic E-state index is -1.51. The summed E-state index contributed by atoms with van der Waals surface area (Å²) in [5, 5.41) is 24.8. The van der Waals surface area contributed by atoms with Gasteiger partial charge < -0.3 is 30.1 Å². The van der Waals surface area contributed by atoms with Crippen LogP contribution < -0.4 is 10.1 Å². The SMILES string of the molecule is [2H]OCC(CCCCOc1ccc(C(O)O)cc1)OC(=O)CCC(=O)NC.[Ac].[Ac]. The molecule has 0 fully saturated rings. The first kappa shape index (κ1) is 28.7. The van der Waals surface area contributed by atoms with Crippen LogP contribution in [-0.2, 0) is 14.3 Å². The Hall–Kier alpha value is 0.723. The first-order valence-electron chi connectivity index (χ1n) is 8.94. The monoisotopic (exact) mass is 824 g/mol. The standard InChI is InChI=1S/C18H27NO7.2Ac/c1-19-16(21)9-10-17(22)26-15(12-20)4-2-3-11-25-14-7-5-13(6-8-14)18(23)24;;/h5-8,15,18,20,23-24H,2-4,9-12H2,1H3,(H,19,21);;/i20D;;. The van der Waals surface area contributed by atoms with E-state index >= 15 is 0 Å². The summed E-state index contributed by atoms with van der Waals surface area (Å²) in [6.45, 7) is 0.414. The molecule has 28 heavy (non-hydrogen) atoms. The van der Waals surface area contributed by atoms with Crippen LogP contribution in [0.5, 0.6) is 5.75 Å². The number of rotatable bonds is 13. The van der Waals surface area contributed by atoms with Crippen LogP contribution in [0.15, 0.2) is 24.3 Å². The number of carbonyl (C=O) groups excluding carboxylic acids is 2. The van der Waals surface area contributed by atoms with Crippen molar-refractivity contribution in [1.29, 1.82) is 1.43 Å². The molecular weight excluding hydrogens is 796 g/mol. The molecule has 0 heterocycles. The van der Waals surface area contributed by atoms with Crippen LogP contribution in [0.3, 0.4) is 0 Å². The van der Waals surface area contributed by atoms with Crippen LogP contribution in [0, 0.1) is 88.1 Å². The third-order valence-corrected chi connectivity index (χ3v) is 3.69. The zero-order valence-corrected chi connectivity index (χ0v) is 25.5. The topological polar surface area (TPSA) is 125 Å². The van der Waals surface area contributed by atoms with Crippen molar-refractivity contribution in [3.05, 3.63) is 29.8 Å². The molecule has 0 saturated carbocycles. The minimum Gasteiger partial charge on any atom is -0.494 e. The number of aliphatic hydroxyl groups excluding tert-OH is 2. The average molecular weight is 824 g/mol. The summed E-state index contributed by atoms with van der Waals surface area (Å²) >= 11 is 0. The molecule has 0 aliphatic rings. The maximum atomic E-state index is 11.7. The Morgan fingerprint density at radius 2 is 1.82 bits per heavy atom. The van der Waals surface area contributed by atoms with E-state index in [1.165, 1.54) is 7.05 Å². The normalized spacial score (nSPS) is 11.5. The second-order valence-corrected chi connectivity index (χ2v) is 5.74. The van der Waals surface area contributed by atoms with E-state index in [2.05, 4.69) is 10.4 Å². The van der Waals surface area contributed by atoms with E-state index in [4.69, 9.17) is 21.1 Å². The minimum absolute atomic E-state index is 0. The number of esters is 1. The third kappa shape index (κ3) is 13.9. The Kier molecular flexibility index (Phi) is 19.0. The van der Waals surface area contributed by atoms with Crippen LogP contribution in [-0.4, -0.2) is 55.0 Å². The molecule has 0 aliphatic heterocycles. The third-order valence-electron chi connectivity index (χ3n) is 3.69. The summed E-state index contributed by atoms with van der Waals surface area (Å²) in [4.78, 5) is 22.8. The van der Waals surface area contributed by atoms with Gasteiger partial charge in [-0.3, -0.25) is 9.59 Å². The van der Waals surface area contributed by atoms with E-state index in [9.17, 15) is 9.59 Å². The van der Waals surface area contributed by atoms with Crippen molar-refractivity contribution in [1.82, 2.24) is 5.32 Å².